The molecule has 4 aromatic rings. The highest BCUT2D eigenvalue weighted by Crippen LogP contribution is 2.19. The molecule has 0 aliphatic rings. The second kappa shape index (κ2) is 6.74. The van der Waals surface area contributed by atoms with Gasteiger partial charge in [0.25, 0.3) is 0 Å². The molecule has 2 aromatic carbocycles. The zero-order chi connectivity index (χ0) is 19.8. The molecule has 28 heavy (non-hydrogen) atoms. The highest BCUT2D eigenvalue weighted by atomic mass is 16.4. The molecule has 138 valence electrons. The summed E-state index contributed by atoms with van der Waals surface area (Å²) in [4.78, 5) is 37.5. The number of benzene rings is 2. The lowest BCUT2D eigenvalue weighted by atomic mass is 10.0. The van der Waals surface area contributed by atoms with E-state index in [4.69, 9.17) is 4.42 Å². The number of aryl methyl sites for hydroxylation is 1. The number of carbonyl (C=O) groups is 2. The van der Waals surface area contributed by atoms with Crippen LogP contribution in [-0.4, -0.2) is 21.3 Å². The van der Waals surface area contributed by atoms with Crippen molar-refractivity contribution in [3.05, 3.63) is 93.6 Å². The number of hydrogen-bond acceptors (Lipinski definition) is 5. The molecule has 0 unspecified atom stereocenters. The zero-order valence-corrected chi connectivity index (χ0v) is 15.3. The normalized spacial score (nSPS) is 10.9. The number of Topliss-reactive ketones (excluding diaryl/α,β-unsaturated/α-hetero) is 1. The summed E-state index contributed by atoms with van der Waals surface area (Å²) >= 11 is 0. The van der Waals surface area contributed by atoms with Crippen molar-refractivity contribution in [1.29, 1.82) is 0 Å². The van der Waals surface area contributed by atoms with Crippen LogP contribution in [0.1, 0.15) is 38.9 Å². The van der Waals surface area contributed by atoms with Gasteiger partial charge in [-0.2, -0.15) is 5.10 Å². The minimum atomic E-state index is -0.749. The van der Waals surface area contributed by atoms with Crippen molar-refractivity contribution in [3.8, 4) is 5.69 Å². The van der Waals surface area contributed by atoms with Crippen LogP contribution in [0.2, 0.25) is 0 Å². The van der Waals surface area contributed by atoms with E-state index in [2.05, 4.69) is 5.10 Å². The Morgan fingerprint density at radius 1 is 1.00 bits per heavy atom. The van der Waals surface area contributed by atoms with E-state index in [1.54, 1.807) is 24.3 Å². The van der Waals surface area contributed by atoms with Gasteiger partial charge in [-0.15, -0.1) is 0 Å². The van der Waals surface area contributed by atoms with Gasteiger partial charge in [-0.05, 0) is 31.2 Å². The fourth-order valence-corrected chi connectivity index (χ4v) is 3.00. The lowest BCUT2D eigenvalue weighted by Gasteiger charge is -2.01. The monoisotopic (exact) mass is 372 g/mol. The van der Waals surface area contributed by atoms with Crippen molar-refractivity contribution in [1.82, 2.24) is 9.78 Å². The third-order valence-corrected chi connectivity index (χ3v) is 4.48. The number of para-hydroxylation sites is 1. The summed E-state index contributed by atoms with van der Waals surface area (Å²) in [6.07, 6.45) is 1.47. The Morgan fingerprint density at radius 2 is 1.71 bits per heavy atom. The van der Waals surface area contributed by atoms with E-state index in [0.29, 0.717) is 16.7 Å². The van der Waals surface area contributed by atoms with E-state index < -0.39 is 11.4 Å². The molecule has 6 nitrogen and oxygen atoms in total. The molecule has 0 saturated carbocycles. The topological polar surface area (TPSA) is 82.2 Å². The van der Waals surface area contributed by atoms with Crippen molar-refractivity contribution in [2.75, 3.05) is 0 Å². The van der Waals surface area contributed by atoms with Crippen molar-refractivity contribution in [3.63, 3.8) is 0 Å². The Balaban J connectivity index is 1.85. The fraction of sp³-hybridized carbons (Fsp3) is 0.0909. The van der Waals surface area contributed by atoms with Crippen molar-refractivity contribution in [2.45, 2.75) is 13.8 Å². The zero-order valence-electron chi connectivity index (χ0n) is 15.3. The molecule has 2 heterocycles. The molecule has 0 N–H and O–H groups in total. The number of carbonyl (C=O) groups excluding carboxylic acids is 2. The summed E-state index contributed by atoms with van der Waals surface area (Å²) in [5.74, 6) is -0.956. The van der Waals surface area contributed by atoms with Gasteiger partial charge in [0, 0.05) is 18.5 Å². The number of fused-ring (bicyclic) bond motifs is 1. The number of ketones is 2. The van der Waals surface area contributed by atoms with Crippen LogP contribution in [0.25, 0.3) is 16.7 Å². The van der Waals surface area contributed by atoms with Gasteiger partial charge in [0.15, 0.2) is 5.78 Å². The standard InChI is InChI=1S/C22H16N2O4/c1-13-7-9-16(10-8-13)24-12-18(20(23-24)14(2)25)21(26)17-11-15-5-3-4-6-19(15)28-22(17)27/h3-12H,1-2H3. The molecule has 0 atom stereocenters. The first-order valence-corrected chi connectivity index (χ1v) is 8.69. The van der Waals surface area contributed by atoms with Gasteiger partial charge in [-0.1, -0.05) is 35.9 Å². The van der Waals surface area contributed by atoms with Crippen LogP contribution in [0.5, 0.6) is 0 Å². The molecular formula is C22H16N2O4. The Labute approximate surface area is 160 Å². The quantitative estimate of drug-likeness (QED) is 0.403. The molecule has 0 aliphatic heterocycles. The van der Waals surface area contributed by atoms with Gasteiger partial charge in [-0.3, -0.25) is 9.59 Å². The number of aromatic nitrogens is 2. The summed E-state index contributed by atoms with van der Waals surface area (Å²) in [6.45, 7) is 3.29. The number of hydrogen-bond donors (Lipinski definition) is 0. The lowest BCUT2D eigenvalue weighted by Crippen LogP contribution is -2.16. The maximum absolute atomic E-state index is 13.1. The van der Waals surface area contributed by atoms with E-state index in [-0.39, 0.29) is 22.6 Å². The van der Waals surface area contributed by atoms with Gasteiger partial charge in [0.05, 0.1) is 11.3 Å². The first-order chi connectivity index (χ1) is 13.4. The van der Waals surface area contributed by atoms with Gasteiger partial charge >= 0.3 is 5.63 Å². The largest absolute Gasteiger partial charge is 0.422 e. The highest BCUT2D eigenvalue weighted by Gasteiger charge is 2.24. The number of nitrogens with zero attached hydrogens (tertiary/aromatic N) is 2. The molecule has 6 heteroatoms. The predicted molar refractivity (Wildman–Crippen MR) is 104 cm³/mol. The molecule has 4 rings (SSSR count). The summed E-state index contributed by atoms with van der Waals surface area (Å²) < 4.78 is 6.72. The lowest BCUT2D eigenvalue weighted by molar-refractivity contribution is 0.0986. The van der Waals surface area contributed by atoms with Crippen LogP contribution in [0.15, 0.2) is 70.0 Å². The first kappa shape index (κ1) is 17.6. The minimum Gasteiger partial charge on any atom is -0.422 e. The van der Waals surface area contributed by atoms with Crippen molar-refractivity contribution < 1.29 is 14.0 Å². The van der Waals surface area contributed by atoms with Crippen LogP contribution in [0.3, 0.4) is 0 Å². The molecule has 2 aromatic heterocycles. The van der Waals surface area contributed by atoms with Crippen molar-refractivity contribution in [2.24, 2.45) is 0 Å². The van der Waals surface area contributed by atoms with Crippen LogP contribution in [0, 0.1) is 6.92 Å². The highest BCUT2D eigenvalue weighted by molar-refractivity contribution is 6.15. The third-order valence-electron chi connectivity index (χ3n) is 4.48. The Kier molecular flexibility index (Phi) is 4.24. The molecule has 0 spiro atoms. The molecule has 0 saturated heterocycles. The number of rotatable bonds is 4. The van der Waals surface area contributed by atoms with Crippen molar-refractivity contribution >= 4 is 22.5 Å². The summed E-state index contributed by atoms with van der Waals surface area (Å²) in [7, 11) is 0. The van der Waals surface area contributed by atoms with Gasteiger partial charge in [0.2, 0.25) is 5.78 Å². The SMILES string of the molecule is CC(=O)c1nn(-c2ccc(C)cc2)cc1C(=O)c1cc2ccccc2oc1=O. The fourth-order valence-electron chi connectivity index (χ4n) is 3.00. The second-order valence-corrected chi connectivity index (χ2v) is 6.54. The average molecular weight is 372 g/mol. The predicted octanol–water partition coefficient (Wildman–Crippen LogP) is 3.72. The van der Waals surface area contributed by atoms with Crippen LogP contribution in [0.4, 0.5) is 0 Å². The van der Waals surface area contributed by atoms with E-state index in [1.165, 1.54) is 23.9 Å². The Bertz CT molecular complexity index is 1280. The molecular weight excluding hydrogens is 356 g/mol. The Hall–Kier alpha value is -3.80. The first-order valence-electron chi connectivity index (χ1n) is 8.69. The molecule has 0 aliphatic carbocycles. The second-order valence-electron chi connectivity index (χ2n) is 6.54. The summed E-state index contributed by atoms with van der Waals surface area (Å²) in [5, 5.41) is 4.89. The summed E-state index contributed by atoms with van der Waals surface area (Å²) in [5.41, 5.74) is 1.37. The minimum absolute atomic E-state index is 0.0122. The maximum Gasteiger partial charge on any atom is 0.347 e. The molecule has 0 bridgehead atoms. The van der Waals surface area contributed by atoms with E-state index in [9.17, 15) is 14.4 Å². The molecule has 0 amide bonds. The molecule has 0 fully saturated rings. The van der Waals surface area contributed by atoms with Gasteiger partial charge in [0.1, 0.15) is 16.8 Å². The van der Waals surface area contributed by atoms with Crippen LogP contribution < -0.4 is 5.63 Å². The van der Waals surface area contributed by atoms with Crippen LogP contribution >= 0.6 is 0 Å². The Morgan fingerprint density at radius 3 is 2.43 bits per heavy atom. The van der Waals surface area contributed by atoms with Crippen LogP contribution in [-0.2, 0) is 0 Å². The maximum atomic E-state index is 13.1. The van der Waals surface area contributed by atoms with E-state index in [1.807, 2.05) is 31.2 Å². The average Bonchev–Trinajstić information content (AvgIpc) is 3.13. The smallest absolute Gasteiger partial charge is 0.347 e. The van der Waals surface area contributed by atoms with E-state index in [0.717, 1.165) is 5.56 Å². The van der Waals surface area contributed by atoms with Gasteiger partial charge < -0.3 is 4.42 Å². The van der Waals surface area contributed by atoms with E-state index >= 15 is 0 Å². The summed E-state index contributed by atoms with van der Waals surface area (Å²) in [6, 6.07) is 15.9. The third kappa shape index (κ3) is 3.05. The molecule has 0 radical (unpaired) electrons. The van der Waals surface area contributed by atoms with Gasteiger partial charge in [-0.25, -0.2) is 9.48 Å².